The summed E-state index contributed by atoms with van der Waals surface area (Å²) in [4.78, 5) is 35.2. The first-order chi connectivity index (χ1) is 12.2. The van der Waals surface area contributed by atoms with Crippen LogP contribution in [0.25, 0.3) is 0 Å². The van der Waals surface area contributed by atoms with Crippen LogP contribution in [-0.2, 0) is 28.7 Å². The number of nitrogens with zero attached hydrogens (tertiary/aromatic N) is 1. The number of alkyl halides is 3. The lowest BCUT2D eigenvalue weighted by atomic mass is 10.1. The number of halogens is 4. The number of carbonyl (C=O) groups excluding carboxylic acids is 2. The lowest BCUT2D eigenvalue weighted by Gasteiger charge is -2.11. The van der Waals surface area contributed by atoms with Gasteiger partial charge < -0.3 is 4.57 Å². The van der Waals surface area contributed by atoms with E-state index in [1.54, 1.807) is 24.3 Å². The summed E-state index contributed by atoms with van der Waals surface area (Å²) in [6, 6.07) is 8.10. The fourth-order valence-corrected chi connectivity index (χ4v) is 2.17. The molecule has 138 valence electrons. The van der Waals surface area contributed by atoms with Crippen LogP contribution in [0.15, 0.2) is 47.4 Å². The minimum absolute atomic E-state index is 0.0407. The summed E-state index contributed by atoms with van der Waals surface area (Å²) in [6.45, 7) is -0.677. The van der Waals surface area contributed by atoms with Gasteiger partial charge in [-0.25, -0.2) is 0 Å². The topological polar surface area (TPSA) is 80.2 Å². The summed E-state index contributed by atoms with van der Waals surface area (Å²) < 4.78 is 38.6. The number of nitrogens with one attached hydrogen (secondary N) is 2. The highest BCUT2D eigenvalue weighted by molar-refractivity contribution is 6.30. The molecule has 0 saturated carbocycles. The third-order valence-corrected chi connectivity index (χ3v) is 3.51. The normalized spacial score (nSPS) is 11.1. The van der Waals surface area contributed by atoms with Crippen molar-refractivity contribution in [3.05, 3.63) is 69.1 Å². The molecule has 0 radical (unpaired) electrons. The van der Waals surface area contributed by atoms with Crippen molar-refractivity contribution in [1.82, 2.24) is 15.4 Å². The van der Waals surface area contributed by atoms with Crippen LogP contribution < -0.4 is 16.4 Å². The van der Waals surface area contributed by atoms with Crippen molar-refractivity contribution in [3.63, 3.8) is 0 Å². The van der Waals surface area contributed by atoms with Gasteiger partial charge in [-0.05, 0) is 29.8 Å². The quantitative estimate of drug-likeness (QED) is 0.786. The highest BCUT2D eigenvalue weighted by atomic mass is 35.5. The summed E-state index contributed by atoms with van der Waals surface area (Å²) in [5.41, 5.74) is 2.09. The molecule has 2 amide bonds. The van der Waals surface area contributed by atoms with Gasteiger partial charge in [0.05, 0.1) is 6.42 Å². The van der Waals surface area contributed by atoms with E-state index in [1.165, 1.54) is 0 Å². The van der Waals surface area contributed by atoms with Gasteiger partial charge in [0.25, 0.3) is 11.5 Å². The number of amides is 2. The Balaban J connectivity index is 1.92. The Bertz CT molecular complexity index is 864. The fraction of sp³-hybridized carbons (Fsp3) is 0.188. The molecule has 0 aliphatic rings. The first-order valence-corrected chi connectivity index (χ1v) is 7.63. The van der Waals surface area contributed by atoms with Crippen LogP contribution >= 0.6 is 11.6 Å². The Morgan fingerprint density at radius 2 is 1.65 bits per heavy atom. The second kappa shape index (κ2) is 8.05. The van der Waals surface area contributed by atoms with Crippen LogP contribution in [-0.4, -0.2) is 16.4 Å². The molecular formula is C16H13ClF3N3O3. The van der Waals surface area contributed by atoms with Gasteiger partial charge in [-0.3, -0.25) is 25.2 Å². The maximum absolute atomic E-state index is 12.7. The van der Waals surface area contributed by atoms with E-state index in [0.717, 1.165) is 12.3 Å². The van der Waals surface area contributed by atoms with Crippen molar-refractivity contribution < 1.29 is 22.8 Å². The molecule has 10 heteroatoms. The van der Waals surface area contributed by atoms with Gasteiger partial charge in [0.15, 0.2) is 0 Å². The predicted octanol–water partition coefficient (Wildman–Crippen LogP) is 1.91. The smallest absolute Gasteiger partial charge is 0.306 e. The highest BCUT2D eigenvalue weighted by Crippen LogP contribution is 2.25. The van der Waals surface area contributed by atoms with Crippen molar-refractivity contribution >= 4 is 23.4 Å². The standard InChI is InChI=1S/C16H13ClF3N3O3/c17-11-5-3-10(4-6-11)8-13(24)21-22-14(25)9-23-7-1-2-12(15(23)26)16(18,19)20/h1-7H,8-9H2,(H,21,24)(H,22,25). The van der Waals surface area contributed by atoms with Gasteiger partial charge in [-0.1, -0.05) is 23.7 Å². The summed E-state index contributed by atoms with van der Waals surface area (Å²) in [7, 11) is 0. The summed E-state index contributed by atoms with van der Waals surface area (Å²) in [5, 5.41) is 0.508. The molecule has 1 heterocycles. The fourth-order valence-electron chi connectivity index (χ4n) is 2.04. The Labute approximate surface area is 150 Å². The number of hydrogen-bond acceptors (Lipinski definition) is 3. The molecule has 1 aromatic heterocycles. The van der Waals surface area contributed by atoms with Gasteiger partial charge in [0, 0.05) is 11.2 Å². The molecule has 0 spiro atoms. The van der Waals surface area contributed by atoms with Crippen LogP contribution in [0.2, 0.25) is 5.02 Å². The Morgan fingerprint density at radius 1 is 1.04 bits per heavy atom. The van der Waals surface area contributed by atoms with Crippen LogP contribution in [0.1, 0.15) is 11.1 Å². The summed E-state index contributed by atoms with van der Waals surface area (Å²) >= 11 is 5.72. The zero-order valence-corrected chi connectivity index (χ0v) is 13.9. The van der Waals surface area contributed by atoms with E-state index in [-0.39, 0.29) is 6.42 Å². The molecule has 0 aliphatic carbocycles. The molecule has 26 heavy (non-hydrogen) atoms. The molecule has 1 aromatic carbocycles. The summed E-state index contributed by atoms with van der Waals surface area (Å²) in [5.74, 6) is -1.40. The molecule has 0 unspecified atom stereocenters. The second-order valence-corrected chi connectivity index (χ2v) is 5.69. The zero-order chi connectivity index (χ0) is 19.3. The number of rotatable bonds is 4. The Hall–Kier alpha value is -2.81. The van der Waals surface area contributed by atoms with Crippen LogP contribution in [0.3, 0.4) is 0 Å². The average molecular weight is 388 g/mol. The molecule has 0 fully saturated rings. The van der Waals surface area contributed by atoms with E-state index in [1.807, 2.05) is 5.43 Å². The number of carbonyl (C=O) groups is 2. The van der Waals surface area contributed by atoms with Crippen molar-refractivity contribution in [3.8, 4) is 0 Å². The second-order valence-electron chi connectivity index (χ2n) is 5.25. The number of aromatic nitrogens is 1. The minimum Gasteiger partial charge on any atom is -0.306 e. The van der Waals surface area contributed by atoms with Gasteiger partial charge >= 0.3 is 6.18 Å². The molecule has 2 aromatic rings. The molecule has 0 atom stereocenters. The van der Waals surface area contributed by atoms with Gasteiger partial charge in [-0.2, -0.15) is 13.2 Å². The first-order valence-electron chi connectivity index (χ1n) is 7.25. The Morgan fingerprint density at radius 3 is 2.27 bits per heavy atom. The van der Waals surface area contributed by atoms with Crippen molar-refractivity contribution in [2.24, 2.45) is 0 Å². The number of hydrazine groups is 1. The van der Waals surface area contributed by atoms with E-state index in [4.69, 9.17) is 11.6 Å². The summed E-state index contributed by atoms with van der Waals surface area (Å²) in [6.07, 6.45) is -3.81. The molecule has 2 N–H and O–H groups in total. The third kappa shape index (κ3) is 5.35. The molecule has 0 bridgehead atoms. The Kier molecular flexibility index (Phi) is 6.04. The van der Waals surface area contributed by atoms with E-state index in [2.05, 4.69) is 5.43 Å². The molecule has 6 nitrogen and oxygen atoms in total. The van der Waals surface area contributed by atoms with Crippen LogP contribution in [0.4, 0.5) is 13.2 Å². The van der Waals surface area contributed by atoms with Gasteiger partial charge in [0.2, 0.25) is 5.91 Å². The molecule has 2 rings (SSSR count). The maximum atomic E-state index is 12.7. The third-order valence-electron chi connectivity index (χ3n) is 3.26. The average Bonchev–Trinajstić information content (AvgIpc) is 2.56. The lowest BCUT2D eigenvalue weighted by molar-refractivity contribution is -0.139. The van der Waals surface area contributed by atoms with Gasteiger partial charge in [0.1, 0.15) is 12.1 Å². The minimum atomic E-state index is -4.82. The number of hydrogen-bond donors (Lipinski definition) is 2. The van der Waals surface area contributed by atoms with Crippen molar-refractivity contribution in [1.29, 1.82) is 0 Å². The van der Waals surface area contributed by atoms with E-state index in [9.17, 15) is 27.6 Å². The van der Waals surface area contributed by atoms with E-state index < -0.39 is 35.7 Å². The maximum Gasteiger partial charge on any atom is 0.421 e. The van der Waals surface area contributed by atoms with Crippen molar-refractivity contribution in [2.45, 2.75) is 19.1 Å². The number of pyridine rings is 1. The molecular weight excluding hydrogens is 375 g/mol. The van der Waals surface area contributed by atoms with E-state index in [0.29, 0.717) is 21.2 Å². The van der Waals surface area contributed by atoms with E-state index >= 15 is 0 Å². The van der Waals surface area contributed by atoms with Crippen LogP contribution in [0.5, 0.6) is 0 Å². The lowest BCUT2D eigenvalue weighted by Crippen LogP contribution is -2.45. The first kappa shape index (κ1) is 19.5. The largest absolute Gasteiger partial charge is 0.421 e. The highest BCUT2D eigenvalue weighted by Gasteiger charge is 2.34. The SMILES string of the molecule is O=C(Cc1ccc(Cl)cc1)NNC(=O)Cn1cccc(C(F)(F)F)c1=O. The van der Waals surface area contributed by atoms with Crippen LogP contribution in [0, 0.1) is 0 Å². The molecule has 0 aliphatic heterocycles. The van der Waals surface area contributed by atoms with Crippen molar-refractivity contribution in [2.75, 3.05) is 0 Å². The predicted molar refractivity (Wildman–Crippen MR) is 87.1 cm³/mol. The van der Waals surface area contributed by atoms with Gasteiger partial charge in [-0.15, -0.1) is 0 Å². The monoisotopic (exact) mass is 387 g/mol. The number of benzene rings is 1. The molecule has 0 saturated heterocycles. The zero-order valence-electron chi connectivity index (χ0n) is 13.1.